The predicted molar refractivity (Wildman–Crippen MR) is 74.4 cm³/mol. The van der Waals surface area contributed by atoms with Gasteiger partial charge < -0.3 is 15.1 Å². The van der Waals surface area contributed by atoms with Gasteiger partial charge in [0.1, 0.15) is 0 Å². The summed E-state index contributed by atoms with van der Waals surface area (Å²) in [5, 5.41) is 3.01. The quantitative estimate of drug-likeness (QED) is 0.870. The van der Waals surface area contributed by atoms with E-state index in [1.165, 1.54) is 12.8 Å². The number of aromatic nitrogens is 3. The lowest BCUT2D eigenvalue weighted by Gasteiger charge is -2.23. The highest BCUT2D eigenvalue weighted by Crippen LogP contribution is 2.20. The van der Waals surface area contributed by atoms with Crippen LogP contribution in [0, 0.1) is 0 Å². The van der Waals surface area contributed by atoms with Gasteiger partial charge in [0.25, 0.3) is 0 Å². The second-order valence-corrected chi connectivity index (χ2v) is 4.91. The fraction of sp³-hybridized carbons (Fsp3) is 0.750. The van der Waals surface area contributed by atoms with Gasteiger partial charge in [-0.15, -0.1) is 0 Å². The molecule has 1 aliphatic rings. The first kappa shape index (κ1) is 12.9. The van der Waals surface area contributed by atoms with Gasteiger partial charge in [0.05, 0.1) is 0 Å². The molecule has 0 atom stereocenters. The molecule has 1 aromatic heterocycles. The second-order valence-electron chi connectivity index (χ2n) is 4.91. The maximum atomic E-state index is 4.57. The molecule has 18 heavy (non-hydrogen) atoms. The van der Waals surface area contributed by atoms with E-state index in [0.29, 0.717) is 12.0 Å². The van der Waals surface area contributed by atoms with Crippen LogP contribution >= 0.6 is 0 Å². The van der Waals surface area contributed by atoms with Gasteiger partial charge in [0.2, 0.25) is 17.8 Å². The fourth-order valence-electron chi connectivity index (χ4n) is 1.91. The highest BCUT2D eigenvalue weighted by Gasteiger charge is 2.19. The molecule has 0 unspecified atom stereocenters. The monoisotopic (exact) mass is 250 g/mol. The Bertz CT molecular complexity index is 379. The van der Waals surface area contributed by atoms with E-state index in [1.54, 1.807) is 0 Å². The normalized spacial score (nSPS) is 15.3. The molecule has 0 saturated carbocycles. The number of rotatable bonds is 4. The molecule has 100 valence electrons. The van der Waals surface area contributed by atoms with Crippen LogP contribution in [0.15, 0.2) is 0 Å². The third-order valence-electron chi connectivity index (χ3n) is 3.31. The summed E-state index contributed by atoms with van der Waals surface area (Å²) in [7, 11) is 3.84. The van der Waals surface area contributed by atoms with E-state index in [9.17, 15) is 0 Å². The molecule has 0 amide bonds. The van der Waals surface area contributed by atoms with Gasteiger partial charge in [0.15, 0.2) is 0 Å². The molecule has 1 N–H and O–H groups in total. The van der Waals surface area contributed by atoms with Crippen molar-refractivity contribution in [3.63, 3.8) is 0 Å². The Labute approximate surface area is 108 Å². The summed E-state index contributed by atoms with van der Waals surface area (Å²) in [6.07, 6.45) is 2.44. The molecule has 0 aromatic carbocycles. The van der Waals surface area contributed by atoms with Crippen LogP contribution in [0.5, 0.6) is 0 Å². The molecule has 1 fully saturated rings. The molecule has 2 heterocycles. The van der Waals surface area contributed by atoms with E-state index in [4.69, 9.17) is 0 Å². The standard InChI is InChI=1S/C12H22N6/c1-9(2)17(4)11-14-10(13-3)15-12(16-11)18-7-5-6-8-18/h9H,5-8H2,1-4H3,(H,13,14,15,16). The van der Waals surface area contributed by atoms with Crippen molar-refractivity contribution in [2.24, 2.45) is 0 Å². The van der Waals surface area contributed by atoms with Crippen LogP contribution < -0.4 is 15.1 Å². The molecule has 1 aliphatic heterocycles. The minimum Gasteiger partial charge on any atom is -0.357 e. The number of anilines is 3. The number of nitrogens with zero attached hydrogens (tertiary/aromatic N) is 5. The van der Waals surface area contributed by atoms with E-state index in [0.717, 1.165) is 25.0 Å². The van der Waals surface area contributed by atoms with Crippen molar-refractivity contribution in [3.05, 3.63) is 0 Å². The van der Waals surface area contributed by atoms with Crippen LogP contribution in [-0.2, 0) is 0 Å². The number of nitrogens with one attached hydrogen (secondary N) is 1. The molecule has 6 heteroatoms. The van der Waals surface area contributed by atoms with Crippen LogP contribution in [0.3, 0.4) is 0 Å². The molecule has 0 spiro atoms. The third-order valence-corrected chi connectivity index (χ3v) is 3.31. The second kappa shape index (κ2) is 5.37. The molecule has 0 aliphatic carbocycles. The van der Waals surface area contributed by atoms with Crippen molar-refractivity contribution in [1.82, 2.24) is 15.0 Å². The van der Waals surface area contributed by atoms with Crippen LogP contribution in [0.25, 0.3) is 0 Å². The Morgan fingerprint density at radius 2 is 1.83 bits per heavy atom. The SMILES string of the molecule is CNc1nc(N2CCCC2)nc(N(C)C(C)C)n1. The highest BCUT2D eigenvalue weighted by atomic mass is 15.4. The molecule has 2 rings (SSSR count). The zero-order valence-corrected chi connectivity index (χ0v) is 11.6. The summed E-state index contributed by atoms with van der Waals surface area (Å²) in [5.41, 5.74) is 0. The minimum atomic E-state index is 0.364. The van der Waals surface area contributed by atoms with Gasteiger partial charge in [-0.2, -0.15) is 15.0 Å². The van der Waals surface area contributed by atoms with Gasteiger partial charge in [-0.05, 0) is 26.7 Å². The van der Waals surface area contributed by atoms with Crippen molar-refractivity contribution in [1.29, 1.82) is 0 Å². The molecule has 1 aromatic rings. The van der Waals surface area contributed by atoms with Crippen molar-refractivity contribution < 1.29 is 0 Å². The van der Waals surface area contributed by atoms with Crippen LogP contribution in [0.1, 0.15) is 26.7 Å². The lowest BCUT2D eigenvalue weighted by Crippen LogP contribution is -2.29. The lowest BCUT2D eigenvalue weighted by molar-refractivity contribution is 0.722. The van der Waals surface area contributed by atoms with E-state index in [-0.39, 0.29) is 0 Å². The summed E-state index contributed by atoms with van der Waals surface area (Å²) >= 11 is 0. The molecule has 0 bridgehead atoms. The topological polar surface area (TPSA) is 57.2 Å². The Balaban J connectivity index is 2.32. The van der Waals surface area contributed by atoms with Crippen LogP contribution in [0.4, 0.5) is 17.8 Å². The predicted octanol–water partition coefficient (Wildman–Crippen LogP) is 1.36. The summed E-state index contributed by atoms with van der Waals surface area (Å²) in [6.45, 7) is 6.33. The molecular formula is C12H22N6. The lowest BCUT2D eigenvalue weighted by atomic mass is 10.4. The summed E-state index contributed by atoms with van der Waals surface area (Å²) in [4.78, 5) is 17.7. The Morgan fingerprint density at radius 3 is 2.39 bits per heavy atom. The van der Waals surface area contributed by atoms with Gasteiger partial charge >= 0.3 is 0 Å². The summed E-state index contributed by atoms with van der Waals surface area (Å²) < 4.78 is 0. The van der Waals surface area contributed by atoms with E-state index in [2.05, 4.69) is 43.9 Å². The zero-order chi connectivity index (χ0) is 13.1. The van der Waals surface area contributed by atoms with Gasteiger partial charge in [0, 0.05) is 33.2 Å². The fourth-order valence-corrected chi connectivity index (χ4v) is 1.91. The van der Waals surface area contributed by atoms with Crippen LogP contribution in [0.2, 0.25) is 0 Å². The number of hydrogen-bond donors (Lipinski definition) is 1. The molecule has 0 radical (unpaired) electrons. The average molecular weight is 250 g/mol. The third kappa shape index (κ3) is 2.63. The van der Waals surface area contributed by atoms with Crippen LogP contribution in [-0.4, -0.2) is 48.2 Å². The van der Waals surface area contributed by atoms with E-state index >= 15 is 0 Å². The number of hydrogen-bond acceptors (Lipinski definition) is 6. The Morgan fingerprint density at radius 1 is 1.17 bits per heavy atom. The van der Waals surface area contributed by atoms with Crippen molar-refractivity contribution in [2.45, 2.75) is 32.7 Å². The smallest absolute Gasteiger partial charge is 0.231 e. The maximum absolute atomic E-state index is 4.57. The first-order chi connectivity index (χ1) is 8.61. The van der Waals surface area contributed by atoms with E-state index < -0.39 is 0 Å². The van der Waals surface area contributed by atoms with Gasteiger partial charge in [-0.3, -0.25) is 0 Å². The van der Waals surface area contributed by atoms with Crippen molar-refractivity contribution in [2.75, 3.05) is 42.3 Å². The largest absolute Gasteiger partial charge is 0.357 e. The van der Waals surface area contributed by atoms with Crippen molar-refractivity contribution >= 4 is 17.8 Å². The molecule has 6 nitrogen and oxygen atoms in total. The minimum absolute atomic E-state index is 0.364. The summed E-state index contributed by atoms with van der Waals surface area (Å²) in [5.74, 6) is 2.15. The first-order valence-corrected chi connectivity index (χ1v) is 6.53. The molecule has 1 saturated heterocycles. The maximum Gasteiger partial charge on any atom is 0.231 e. The average Bonchev–Trinajstić information content (AvgIpc) is 2.91. The Hall–Kier alpha value is -1.59. The van der Waals surface area contributed by atoms with E-state index in [1.807, 2.05) is 14.1 Å². The zero-order valence-electron chi connectivity index (χ0n) is 11.6. The highest BCUT2D eigenvalue weighted by molar-refractivity contribution is 5.45. The van der Waals surface area contributed by atoms with Crippen molar-refractivity contribution in [3.8, 4) is 0 Å². The van der Waals surface area contributed by atoms with Gasteiger partial charge in [-0.25, -0.2) is 0 Å². The summed E-state index contributed by atoms with van der Waals surface area (Å²) in [6, 6.07) is 0.364. The first-order valence-electron chi connectivity index (χ1n) is 6.53. The van der Waals surface area contributed by atoms with Gasteiger partial charge in [-0.1, -0.05) is 0 Å². The Kier molecular flexibility index (Phi) is 3.84. The molecular weight excluding hydrogens is 228 g/mol.